The maximum Gasteiger partial charge on any atom is 0.156 e. The zero-order valence-electron chi connectivity index (χ0n) is 8.77. The normalized spacial score (nSPS) is 14.5. The van der Waals surface area contributed by atoms with Crippen LogP contribution >= 0.6 is 11.6 Å². The molecule has 6 heteroatoms. The van der Waals surface area contributed by atoms with E-state index in [4.69, 9.17) is 11.6 Å². The lowest BCUT2D eigenvalue weighted by Gasteiger charge is -2.17. The maximum absolute atomic E-state index is 11.6. The van der Waals surface area contributed by atoms with Crippen molar-refractivity contribution in [2.45, 2.75) is 25.5 Å². The Morgan fingerprint density at radius 2 is 2.00 bits per heavy atom. The van der Waals surface area contributed by atoms with Crippen LogP contribution in [0.4, 0.5) is 0 Å². The van der Waals surface area contributed by atoms with Crippen molar-refractivity contribution in [3.05, 3.63) is 23.2 Å². The summed E-state index contributed by atoms with van der Waals surface area (Å²) in [6.45, 7) is 5.54. The fraction of sp³-hybridized carbons (Fsp3) is 0.444. The van der Waals surface area contributed by atoms with Crippen LogP contribution in [0.15, 0.2) is 16.8 Å². The molecule has 0 aromatic carbocycles. The third kappa shape index (κ3) is 3.77. The van der Waals surface area contributed by atoms with Crippen molar-refractivity contribution in [2.24, 2.45) is 4.40 Å². The molecular weight excluding hydrogens is 234 g/mol. The molecule has 0 fully saturated rings. The van der Waals surface area contributed by atoms with Gasteiger partial charge < -0.3 is 4.55 Å². The highest BCUT2D eigenvalue weighted by Gasteiger charge is 2.25. The van der Waals surface area contributed by atoms with Gasteiger partial charge in [-0.1, -0.05) is 16.0 Å². The van der Waals surface area contributed by atoms with Gasteiger partial charge in [0.15, 0.2) is 5.15 Å². The molecule has 0 aliphatic rings. The predicted octanol–water partition coefficient (Wildman–Crippen LogP) is 2.01. The van der Waals surface area contributed by atoms with Gasteiger partial charge >= 0.3 is 0 Å². The smallest absolute Gasteiger partial charge is 0.156 e. The third-order valence-electron chi connectivity index (χ3n) is 1.47. The van der Waals surface area contributed by atoms with E-state index < -0.39 is 11.4 Å². The van der Waals surface area contributed by atoms with Crippen molar-refractivity contribution >= 4 is 29.2 Å². The summed E-state index contributed by atoms with van der Waals surface area (Å²) < 4.78 is 15.1. The summed E-state index contributed by atoms with van der Waals surface area (Å²) in [4.78, 5) is 7.79. The third-order valence-corrected chi connectivity index (χ3v) is 3.11. The van der Waals surface area contributed by atoms with Crippen LogP contribution in [0.25, 0.3) is 0 Å². The molecule has 15 heavy (non-hydrogen) atoms. The summed E-state index contributed by atoms with van der Waals surface area (Å²) in [7, 11) is 0. The molecule has 1 aromatic rings. The van der Waals surface area contributed by atoms with Crippen molar-refractivity contribution < 1.29 is 4.55 Å². The Balaban J connectivity index is 2.79. The van der Waals surface area contributed by atoms with E-state index in [0.29, 0.717) is 5.69 Å². The molecule has 0 radical (unpaired) electrons. The number of halogens is 1. The van der Waals surface area contributed by atoms with Crippen LogP contribution in [-0.4, -0.2) is 25.5 Å². The monoisotopic (exact) mass is 245 g/mol. The highest BCUT2D eigenvalue weighted by molar-refractivity contribution is 7.91. The molecule has 1 rings (SSSR count). The van der Waals surface area contributed by atoms with Gasteiger partial charge in [-0.3, -0.25) is 4.98 Å². The predicted molar refractivity (Wildman–Crippen MR) is 62.5 cm³/mol. The zero-order valence-corrected chi connectivity index (χ0v) is 10.3. The lowest BCUT2D eigenvalue weighted by molar-refractivity contribution is 0.562. The van der Waals surface area contributed by atoms with Crippen LogP contribution in [0.1, 0.15) is 26.5 Å². The molecule has 0 aliphatic carbocycles. The van der Waals surface area contributed by atoms with Gasteiger partial charge in [0.2, 0.25) is 0 Å². The van der Waals surface area contributed by atoms with Gasteiger partial charge in [-0.2, -0.15) is 0 Å². The molecule has 0 bridgehead atoms. The molecule has 0 spiro atoms. The second-order valence-corrected chi connectivity index (χ2v) is 6.12. The number of hydrogen-bond acceptors (Lipinski definition) is 4. The molecule has 0 amide bonds. The minimum Gasteiger partial charge on any atom is -0.591 e. The Labute approximate surface area is 97.1 Å². The molecule has 0 saturated heterocycles. The lowest BCUT2D eigenvalue weighted by atomic mass is 10.3. The highest BCUT2D eigenvalue weighted by atomic mass is 35.5. The summed E-state index contributed by atoms with van der Waals surface area (Å²) in [5.41, 5.74) is 0.428. The lowest BCUT2D eigenvalue weighted by Crippen LogP contribution is -2.25. The Morgan fingerprint density at radius 3 is 2.53 bits per heavy atom. The Kier molecular flexibility index (Phi) is 4.07. The van der Waals surface area contributed by atoms with E-state index in [9.17, 15) is 4.55 Å². The quantitative estimate of drug-likeness (QED) is 0.592. The Bertz CT molecular complexity index is 365. The van der Waals surface area contributed by atoms with Crippen LogP contribution < -0.4 is 0 Å². The van der Waals surface area contributed by atoms with Crippen LogP contribution in [0.5, 0.6) is 0 Å². The number of rotatable bonds is 2. The van der Waals surface area contributed by atoms with E-state index in [-0.39, 0.29) is 9.90 Å². The van der Waals surface area contributed by atoms with E-state index in [0.717, 1.165) is 0 Å². The second kappa shape index (κ2) is 4.92. The van der Waals surface area contributed by atoms with Crippen molar-refractivity contribution in [3.63, 3.8) is 0 Å². The van der Waals surface area contributed by atoms with Gasteiger partial charge in [-0.15, -0.1) is 0 Å². The minimum absolute atomic E-state index is 0.257. The van der Waals surface area contributed by atoms with Gasteiger partial charge in [-0.05, 0) is 20.8 Å². The van der Waals surface area contributed by atoms with Gasteiger partial charge in [0, 0.05) is 12.4 Å². The Hall–Kier alpha value is -0.650. The number of hydrogen-bond donors (Lipinski definition) is 0. The summed E-state index contributed by atoms with van der Waals surface area (Å²) in [6.07, 6.45) is 4.38. The van der Waals surface area contributed by atoms with Gasteiger partial charge in [-0.25, -0.2) is 4.98 Å². The van der Waals surface area contributed by atoms with Gasteiger partial charge in [0.05, 0.1) is 0 Å². The first kappa shape index (κ1) is 12.4. The van der Waals surface area contributed by atoms with E-state index in [2.05, 4.69) is 14.4 Å². The molecular formula is C9H12ClN3OS. The van der Waals surface area contributed by atoms with Gasteiger partial charge in [0.1, 0.15) is 28.0 Å². The standard InChI is InChI=1S/C9H12ClN3OS/c1-9(2,3)15(14)13-6-7-8(10)12-5-4-11-7/h4-6H,1-3H3. The zero-order chi connectivity index (χ0) is 11.5. The highest BCUT2D eigenvalue weighted by Crippen LogP contribution is 2.17. The summed E-state index contributed by atoms with van der Waals surface area (Å²) in [5, 5.41) is 0.257. The fourth-order valence-electron chi connectivity index (χ4n) is 0.674. The van der Waals surface area contributed by atoms with Crippen molar-refractivity contribution in [1.82, 2.24) is 9.97 Å². The molecule has 82 valence electrons. The van der Waals surface area contributed by atoms with Crippen LogP contribution in [0.2, 0.25) is 5.15 Å². The first-order chi connectivity index (χ1) is 6.91. The number of aromatic nitrogens is 2. The summed E-state index contributed by atoms with van der Waals surface area (Å²) >= 11 is 4.46. The maximum atomic E-state index is 11.6. The van der Waals surface area contributed by atoms with Crippen LogP contribution in [-0.2, 0) is 11.4 Å². The molecule has 0 aliphatic heterocycles. The molecule has 1 aromatic heterocycles. The average Bonchev–Trinajstić information content (AvgIpc) is 2.14. The molecule has 1 heterocycles. The van der Waals surface area contributed by atoms with Crippen molar-refractivity contribution in [3.8, 4) is 0 Å². The average molecular weight is 246 g/mol. The van der Waals surface area contributed by atoms with Crippen LogP contribution in [0, 0.1) is 0 Å². The van der Waals surface area contributed by atoms with Crippen molar-refractivity contribution in [2.75, 3.05) is 0 Å². The largest absolute Gasteiger partial charge is 0.591 e. The molecule has 0 N–H and O–H groups in total. The molecule has 1 atom stereocenters. The van der Waals surface area contributed by atoms with E-state index in [1.807, 2.05) is 20.8 Å². The molecule has 0 saturated carbocycles. The SMILES string of the molecule is CC(C)(C)[S+]([O-])N=Cc1nccnc1Cl. The first-order valence-electron chi connectivity index (χ1n) is 4.34. The summed E-state index contributed by atoms with van der Waals surface area (Å²) in [6, 6.07) is 0. The fourth-order valence-corrected chi connectivity index (χ4v) is 1.34. The van der Waals surface area contributed by atoms with E-state index >= 15 is 0 Å². The topological polar surface area (TPSA) is 61.2 Å². The number of nitrogens with zero attached hydrogens (tertiary/aromatic N) is 3. The van der Waals surface area contributed by atoms with Crippen molar-refractivity contribution in [1.29, 1.82) is 0 Å². The molecule has 1 unspecified atom stereocenters. The molecule has 4 nitrogen and oxygen atoms in total. The van der Waals surface area contributed by atoms with E-state index in [1.165, 1.54) is 18.6 Å². The second-order valence-electron chi connectivity index (χ2n) is 3.83. The van der Waals surface area contributed by atoms with Crippen LogP contribution in [0.3, 0.4) is 0 Å². The van der Waals surface area contributed by atoms with Gasteiger partial charge in [0.25, 0.3) is 0 Å². The summed E-state index contributed by atoms with van der Waals surface area (Å²) in [5.74, 6) is 0. The Morgan fingerprint density at radius 1 is 1.40 bits per heavy atom. The van der Waals surface area contributed by atoms with E-state index in [1.54, 1.807) is 0 Å². The first-order valence-corrected chi connectivity index (χ1v) is 5.82. The minimum atomic E-state index is -1.30.